The normalized spacial score (nSPS) is 14.4. The molecule has 0 aliphatic carbocycles. The molecule has 0 unspecified atom stereocenters. The molecule has 1 aromatic heterocycles. The van der Waals surface area contributed by atoms with E-state index < -0.39 is 0 Å². The minimum absolute atomic E-state index is 0.209. The van der Waals surface area contributed by atoms with E-state index in [0.29, 0.717) is 12.3 Å². The van der Waals surface area contributed by atoms with Crippen LogP contribution in [-0.4, -0.2) is 34.6 Å². The zero-order valence-electron chi connectivity index (χ0n) is 15.0. The van der Waals surface area contributed by atoms with E-state index in [9.17, 15) is 4.79 Å². The lowest BCUT2D eigenvalue weighted by Gasteiger charge is -2.26. The van der Waals surface area contributed by atoms with Gasteiger partial charge in [0.2, 0.25) is 5.91 Å². The van der Waals surface area contributed by atoms with E-state index in [2.05, 4.69) is 29.3 Å². The van der Waals surface area contributed by atoms with E-state index >= 15 is 0 Å². The largest absolute Gasteiger partial charge is 0.361 e. The maximum absolute atomic E-state index is 12.5. The van der Waals surface area contributed by atoms with E-state index in [1.165, 1.54) is 16.5 Å². The van der Waals surface area contributed by atoms with E-state index in [1.807, 2.05) is 41.4 Å². The summed E-state index contributed by atoms with van der Waals surface area (Å²) in [4.78, 5) is 17.8. The van der Waals surface area contributed by atoms with Crippen molar-refractivity contribution in [1.29, 1.82) is 0 Å². The van der Waals surface area contributed by atoms with Crippen LogP contribution in [-0.2, 0) is 10.5 Å². The van der Waals surface area contributed by atoms with Gasteiger partial charge in [0.05, 0.1) is 5.75 Å². The minimum Gasteiger partial charge on any atom is -0.361 e. The predicted molar refractivity (Wildman–Crippen MR) is 115 cm³/mol. The number of nitrogens with zero attached hydrogens (tertiary/aromatic N) is 1. The third-order valence-corrected chi connectivity index (χ3v) is 6.12. The molecule has 4 rings (SSSR count). The van der Waals surface area contributed by atoms with Gasteiger partial charge in [0.25, 0.3) is 0 Å². The molecule has 2 aromatic carbocycles. The number of para-hydroxylation sites is 1. The Morgan fingerprint density at radius 3 is 2.89 bits per heavy atom. The van der Waals surface area contributed by atoms with Crippen molar-refractivity contribution in [1.82, 2.24) is 9.88 Å². The number of halogens is 1. The second-order valence-corrected chi connectivity index (χ2v) is 8.10. The number of amides is 1. The maximum Gasteiger partial charge on any atom is 0.232 e. The Labute approximate surface area is 168 Å². The van der Waals surface area contributed by atoms with Crippen molar-refractivity contribution in [2.45, 2.75) is 12.2 Å². The number of H-pyrrole nitrogens is 1. The first kappa shape index (κ1) is 18.2. The van der Waals surface area contributed by atoms with Crippen LogP contribution in [0.2, 0.25) is 5.02 Å². The molecular formula is C22H21ClN2OS. The highest BCUT2D eigenvalue weighted by molar-refractivity contribution is 7.99. The van der Waals surface area contributed by atoms with Gasteiger partial charge in [0.15, 0.2) is 0 Å². The lowest BCUT2D eigenvalue weighted by Crippen LogP contribution is -2.35. The molecule has 1 N–H and O–H groups in total. The molecule has 0 saturated carbocycles. The average molecular weight is 397 g/mol. The fraction of sp³-hybridized carbons (Fsp3) is 0.227. The standard InChI is InChI=1S/C22H21ClN2OS/c23-19-5-3-4-17(12-19)16-8-10-25(11-9-16)22(26)15-27-14-18-13-24-21-7-2-1-6-20(18)21/h1-8,12-13,24H,9-11,14-15H2. The third kappa shape index (κ3) is 4.23. The summed E-state index contributed by atoms with van der Waals surface area (Å²) in [5.74, 6) is 1.56. The number of aromatic amines is 1. The van der Waals surface area contributed by atoms with Gasteiger partial charge in [-0.3, -0.25) is 4.79 Å². The summed E-state index contributed by atoms with van der Waals surface area (Å²) in [5, 5.41) is 1.99. The number of rotatable bonds is 5. The van der Waals surface area contributed by atoms with Gasteiger partial charge in [0, 0.05) is 41.0 Å². The van der Waals surface area contributed by atoms with Crippen molar-refractivity contribution in [2.24, 2.45) is 0 Å². The van der Waals surface area contributed by atoms with Crippen molar-refractivity contribution >= 4 is 45.7 Å². The highest BCUT2D eigenvalue weighted by atomic mass is 35.5. The first-order valence-corrected chi connectivity index (χ1v) is 10.6. The van der Waals surface area contributed by atoms with E-state index in [0.717, 1.165) is 34.8 Å². The highest BCUT2D eigenvalue weighted by Crippen LogP contribution is 2.26. The SMILES string of the molecule is O=C(CSCc1c[nH]c2ccccc12)N1CC=C(c2cccc(Cl)c2)CC1. The molecule has 3 nitrogen and oxygen atoms in total. The number of nitrogens with one attached hydrogen (secondary N) is 1. The van der Waals surface area contributed by atoms with Crippen molar-refractivity contribution in [2.75, 3.05) is 18.8 Å². The Balaban J connectivity index is 1.31. The van der Waals surface area contributed by atoms with Gasteiger partial charge < -0.3 is 9.88 Å². The number of hydrogen-bond acceptors (Lipinski definition) is 2. The Hall–Kier alpha value is -2.17. The molecule has 1 aliphatic rings. The number of benzene rings is 2. The van der Waals surface area contributed by atoms with Crippen molar-refractivity contribution < 1.29 is 4.79 Å². The van der Waals surface area contributed by atoms with Crippen LogP contribution in [0.5, 0.6) is 0 Å². The van der Waals surface area contributed by atoms with E-state index in [4.69, 9.17) is 11.6 Å². The molecule has 27 heavy (non-hydrogen) atoms. The van der Waals surface area contributed by atoms with Gasteiger partial charge in [-0.25, -0.2) is 0 Å². The molecule has 0 bridgehead atoms. The van der Waals surface area contributed by atoms with E-state index in [1.54, 1.807) is 11.8 Å². The lowest BCUT2D eigenvalue weighted by atomic mass is 9.99. The molecule has 0 saturated heterocycles. The van der Waals surface area contributed by atoms with Gasteiger partial charge >= 0.3 is 0 Å². The molecule has 2 heterocycles. The second-order valence-electron chi connectivity index (χ2n) is 6.68. The van der Waals surface area contributed by atoms with Crippen LogP contribution in [0.15, 0.2) is 60.8 Å². The zero-order valence-corrected chi connectivity index (χ0v) is 16.5. The fourth-order valence-corrected chi connectivity index (χ4v) is 4.54. The van der Waals surface area contributed by atoms with Gasteiger partial charge in [-0.2, -0.15) is 0 Å². The van der Waals surface area contributed by atoms with Crippen LogP contribution in [0.1, 0.15) is 17.5 Å². The van der Waals surface area contributed by atoms with Crippen molar-refractivity contribution in [3.05, 3.63) is 77.0 Å². The average Bonchev–Trinajstić information content (AvgIpc) is 3.11. The molecule has 1 amide bonds. The van der Waals surface area contributed by atoms with Gasteiger partial charge in [-0.05, 0) is 41.3 Å². The van der Waals surface area contributed by atoms with Crippen LogP contribution in [0.25, 0.3) is 16.5 Å². The summed E-state index contributed by atoms with van der Waals surface area (Å²) >= 11 is 7.76. The number of carbonyl (C=O) groups is 1. The van der Waals surface area contributed by atoms with Crippen molar-refractivity contribution in [3.8, 4) is 0 Å². The Kier molecular flexibility index (Phi) is 5.55. The lowest BCUT2D eigenvalue weighted by molar-refractivity contribution is -0.127. The summed E-state index contributed by atoms with van der Waals surface area (Å²) < 4.78 is 0. The van der Waals surface area contributed by atoms with E-state index in [-0.39, 0.29) is 5.91 Å². The highest BCUT2D eigenvalue weighted by Gasteiger charge is 2.18. The van der Waals surface area contributed by atoms with Crippen LogP contribution in [0.3, 0.4) is 0 Å². The van der Waals surface area contributed by atoms with Crippen LogP contribution >= 0.6 is 23.4 Å². The number of carbonyl (C=O) groups excluding carboxylic acids is 1. The molecule has 0 atom stereocenters. The Bertz CT molecular complexity index is 995. The monoisotopic (exact) mass is 396 g/mol. The fourth-order valence-electron chi connectivity index (χ4n) is 3.44. The first-order chi connectivity index (χ1) is 13.2. The van der Waals surface area contributed by atoms with Crippen LogP contribution in [0.4, 0.5) is 0 Å². The van der Waals surface area contributed by atoms with Gasteiger partial charge in [-0.15, -0.1) is 11.8 Å². The summed E-state index contributed by atoms with van der Waals surface area (Å²) in [6, 6.07) is 16.2. The maximum atomic E-state index is 12.5. The molecule has 1 aliphatic heterocycles. The number of hydrogen-bond donors (Lipinski definition) is 1. The van der Waals surface area contributed by atoms with Crippen molar-refractivity contribution in [3.63, 3.8) is 0 Å². The Morgan fingerprint density at radius 1 is 1.19 bits per heavy atom. The zero-order chi connectivity index (χ0) is 18.6. The number of fused-ring (bicyclic) bond motifs is 1. The summed E-state index contributed by atoms with van der Waals surface area (Å²) in [6.45, 7) is 1.44. The minimum atomic E-state index is 0.209. The molecule has 138 valence electrons. The topological polar surface area (TPSA) is 36.1 Å². The molecule has 5 heteroatoms. The van der Waals surface area contributed by atoms with Crippen LogP contribution in [0, 0.1) is 0 Å². The van der Waals surface area contributed by atoms with Gasteiger partial charge in [0.1, 0.15) is 0 Å². The first-order valence-electron chi connectivity index (χ1n) is 9.06. The molecular weight excluding hydrogens is 376 g/mol. The Morgan fingerprint density at radius 2 is 2.07 bits per heavy atom. The van der Waals surface area contributed by atoms with Crippen LogP contribution < -0.4 is 0 Å². The number of aromatic nitrogens is 1. The predicted octanol–water partition coefficient (Wildman–Crippen LogP) is 5.37. The van der Waals surface area contributed by atoms with Gasteiger partial charge in [-0.1, -0.05) is 48.0 Å². The number of thioether (sulfide) groups is 1. The smallest absolute Gasteiger partial charge is 0.232 e. The summed E-state index contributed by atoms with van der Waals surface area (Å²) in [5.41, 5.74) is 4.83. The second kappa shape index (κ2) is 8.24. The molecule has 3 aromatic rings. The summed E-state index contributed by atoms with van der Waals surface area (Å²) in [7, 11) is 0. The molecule has 0 fully saturated rings. The third-order valence-electron chi connectivity index (χ3n) is 4.92. The quantitative estimate of drug-likeness (QED) is 0.629. The molecule has 0 radical (unpaired) electrons. The molecule has 0 spiro atoms. The summed E-state index contributed by atoms with van der Waals surface area (Å²) in [6.07, 6.45) is 5.07.